The van der Waals surface area contributed by atoms with Gasteiger partial charge in [-0.2, -0.15) is 0 Å². The Kier molecular flexibility index (Phi) is 3.49. The van der Waals surface area contributed by atoms with E-state index in [0.29, 0.717) is 6.04 Å². The molecule has 0 radical (unpaired) electrons. The number of piperazine rings is 1. The zero-order valence-electron chi connectivity index (χ0n) is 10.6. The first-order chi connectivity index (χ1) is 7.70. The Labute approximate surface area is 98.7 Å². The fraction of sp³-hybridized carbons (Fsp3) is 0.571. The maximum atomic E-state index is 3.47. The molecule has 0 aliphatic carbocycles. The summed E-state index contributed by atoms with van der Waals surface area (Å²) < 4.78 is 0. The Hall–Kier alpha value is -1.02. The van der Waals surface area contributed by atoms with Crippen LogP contribution in [0.25, 0.3) is 0 Å². The second-order valence-electron chi connectivity index (χ2n) is 4.81. The summed E-state index contributed by atoms with van der Waals surface area (Å²) in [6.45, 7) is 9.97. The molecule has 0 bridgehead atoms. The van der Waals surface area contributed by atoms with Crippen LogP contribution >= 0.6 is 0 Å². The van der Waals surface area contributed by atoms with E-state index in [1.165, 1.54) is 23.2 Å². The van der Waals surface area contributed by atoms with Gasteiger partial charge in [0.05, 0.1) is 0 Å². The van der Waals surface area contributed by atoms with Gasteiger partial charge in [-0.25, -0.2) is 0 Å². The highest BCUT2D eigenvalue weighted by Crippen LogP contribution is 2.22. The van der Waals surface area contributed by atoms with E-state index >= 15 is 0 Å². The number of rotatable bonds is 2. The highest BCUT2D eigenvalue weighted by molar-refractivity contribution is 5.52. The second kappa shape index (κ2) is 4.88. The summed E-state index contributed by atoms with van der Waals surface area (Å²) in [6, 6.07) is 7.50. The molecular weight excluding hydrogens is 196 g/mol. The van der Waals surface area contributed by atoms with Crippen LogP contribution in [0.5, 0.6) is 0 Å². The van der Waals surface area contributed by atoms with Crippen molar-refractivity contribution in [3.63, 3.8) is 0 Å². The first-order valence-electron chi connectivity index (χ1n) is 6.26. The summed E-state index contributed by atoms with van der Waals surface area (Å²) in [5.74, 6) is 0. The molecule has 0 amide bonds. The molecule has 1 aromatic carbocycles. The molecule has 0 saturated carbocycles. The summed E-state index contributed by atoms with van der Waals surface area (Å²) >= 11 is 0. The molecule has 2 rings (SSSR count). The summed E-state index contributed by atoms with van der Waals surface area (Å²) in [6.07, 6.45) is 1.21. The lowest BCUT2D eigenvalue weighted by Gasteiger charge is -2.38. The van der Waals surface area contributed by atoms with E-state index in [0.717, 1.165) is 19.6 Å². The lowest BCUT2D eigenvalue weighted by molar-refractivity contribution is 0.466. The van der Waals surface area contributed by atoms with Gasteiger partial charge in [0.25, 0.3) is 0 Å². The highest BCUT2D eigenvalue weighted by atomic mass is 15.2. The van der Waals surface area contributed by atoms with E-state index in [9.17, 15) is 0 Å². The van der Waals surface area contributed by atoms with Crippen LogP contribution in [0.15, 0.2) is 18.2 Å². The molecule has 1 unspecified atom stereocenters. The molecular formula is C14H22N2. The van der Waals surface area contributed by atoms with Crippen molar-refractivity contribution in [3.8, 4) is 0 Å². The van der Waals surface area contributed by atoms with Gasteiger partial charge in [-0.15, -0.1) is 0 Å². The van der Waals surface area contributed by atoms with E-state index in [1.54, 1.807) is 0 Å². The SMILES string of the molecule is CCC1CNCCN1c1cc(C)cc(C)c1. The zero-order chi connectivity index (χ0) is 11.5. The third-order valence-corrected chi connectivity index (χ3v) is 3.36. The summed E-state index contributed by atoms with van der Waals surface area (Å²) in [7, 11) is 0. The predicted molar refractivity (Wildman–Crippen MR) is 70.2 cm³/mol. The fourth-order valence-electron chi connectivity index (χ4n) is 2.58. The van der Waals surface area contributed by atoms with Crippen LogP contribution in [-0.2, 0) is 0 Å². The van der Waals surface area contributed by atoms with Gasteiger partial charge in [0.1, 0.15) is 0 Å². The molecule has 1 atom stereocenters. The number of benzene rings is 1. The average molecular weight is 218 g/mol. The number of aryl methyl sites for hydroxylation is 2. The summed E-state index contributed by atoms with van der Waals surface area (Å²) in [5, 5.41) is 3.47. The van der Waals surface area contributed by atoms with Gasteiger partial charge < -0.3 is 10.2 Å². The fourth-order valence-corrected chi connectivity index (χ4v) is 2.58. The number of nitrogens with one attached hydrogen (secondary N) is 1. The van der Waals surface area contributed by atoms with Crippen molar-refractivity contribution >= 4 is 5.69 Å². The van der Waals surface area contributed by atoms with Crippen molar-refractivity contribution in [1.82, 2.24) is 5.32 Å². The van der Waals surface area contributed by atoms with E-state index in [1.807, 2.05) is 0 Å². The number of anilines is 1. The van der Waals surface area contributed by atoms with Crippen LogP contribution in [0.3, 0.4) is 0 Å². The van der Waals surface area contributed by atoms with Crippen molar-refractivity contribution in [2.24, 2.45) is 0 Å². The quantitative estimate of drug-likeness (QED) is 0.820. The standard InChI is InChI=1S/C14H22N2/c1-4-13-10-15-5-6-16(13)14-8-11(2)7-12(3)9-14/h7-9,13,15H,4-6,10H2,1-3H3. The van der Waals surface area contributed by atoms with Crippen LogP contribution in [0.1, 0.15) is 24.5 Å². The summed E-state index contributed by atoms with van der Waals surface area (Å²) in [5.41, 5.74) is 4.12. The van der Waals surface area contributed by atoms with Crippen molar-refractivity contribution in [3.05, 3.63) is 29.3 Å². The van der Waals surface area contributed by atoms with Gasteiger partial charge in [0, 0.05) is 31.4 Å². The molecule has 2 nitrogen and oxygen atoms in total. The van der Waals surface area contributed by atoms with E-state index < -0.39 is 0 Å². The lowest BCUT2D eigenvalue weighted by atomic mass is 10.1. The Balaban J connectivity index is 2.26. The first-order valence-corrected chi connectivity index (χ1v) is 6.26. The number of hydrogen-bond donors (Lipinski definition) is 1. The molecule has 1 aliphatic rings. The van der Waals surface area contributed by atoms with Gasteiger partial charge in [-0.05, 0) is 43.5 Å². The minimum Gasteiger partial charge on any atom is -0.366 e. The Morgan fingerprint density at radius 1 is 1.25 bits per heavy atom. The monoisotopic (exact) mass is 218 g/mol. The van der Waals surface area contributed by atoms with Crippen LogP contribution in [0.2, 0.25) is 0 Å². The van der Waals surface area contributed by atoms with E-state index in [4.69, 9.17) is 0 Å². The Morgan fingerprint density at radius 3 is 2.56 bits per heavy atom. The van der Waals surface area contributed by atoms with Crippen molar-refractivity contribution in [2.75, 3.05) is 24.5 Å². The third-order valence-electron chi connectivity index (χ3n) is 3.36. The smallest absolute Gasteiger partial charge is 0.0412 e. The topological polar surface area (TPSA) is 15.3 Å². The van der Waals surface area contributed by atoms with Gasteiger partial charge >= 0.3 is 0 Å². The zero-order valence-corrected chi connectivity index (χ0v) is 10.6. The van der Waals surface area contributed by atoms with Crippen LogP contribution in [0, 0.1) is 13.8 Å². The third kappa shape index (κ3) is 2.38. The first kappa shape index (κ1) is 11.5. The van der Waals surface area contributed by atoms with Gasteiger partial charge in [0.2, 0.25) is 0 Å². The molecule has 1 aromatic rings. The highest BCUT2D eigenvalue weighted by Gasteiger charge is 2.20. The Bertz CT molecular complexity index is 340. The minimum absolute atomic E-state index is 0.648. The molecule has 1 aliphatic heterocycles. The Morgan fingerprint density at radius 2 is 1.94 bits per heavy atom. The van der Waals surface area contributed by atoms with Gasteiger partial charge in [0.15, 0.2) is 0 Å². The maximum Gasteiger partial charge on any atom is 0.0412 e. The molecule has 88 valence electrons. The van der Waals surface area contributed by atoms with Crippen molar-refractivity contribution in [1.29, 1.82) is 0 Å². The average Bonchev–Trinajstić information content (AvgIpc) is 2.27. The summed E-state index contributed by atoms with van der Waals surface area (Å²) in [4.78, 5) is 2.55. The molecule has 0 aromatic heterocycles. The second-order valence-corrected chi connectivity index (χ2v) is 4.81. The van der Waals surface area contributed by atoms with Crippen LogP contribution in [0.4, 0.5) is 5.69 Å². The molecule has 0 spiro atoms. The molecule has 1 fully saturated rings. The van der Waals surface area contributed by atoms with E-state index in [2.05, 4.69) is 49.2 Å². The van der Waals surface area contributed by atoms with Crippen LogP contribution < -0.4 is 10.2 Å². The molecule has 16 heavy (non-hydrogen) atoms. The number of nitrogens with zero attached hydrogens (tertiary/aromatic N) is 1. The van der Waals surface area contributed by atoms with Crippen molar-refractivity contribution < 1.29 is 0 Å². The number of hydrogen-bond acceptors (Lipinski definition) is 2. The predicted octanol–water partition coefficient (Wildman–Crippen LogP) is 2.49. The largest absolute Gasteiger partial charge is 0.366 e. The van der Waals surface area contributed by atoms with Gasteiger partial charge in [-0.1, -0.05) is 13.0 Å². The van der Waals surface area contributed by atoms with Crippen molar-refractivity contribution in [2.45, 2.75) is 33.2 Å². The van der Waals surface area contributed by atoms with Crippen LogP contribution in [-0.4, -0.2) is 25.7 Å². The normalized spacial score (nSPS) is 21.2. The maximum absolute atomic E-state index is 3.47. The molecule has 1 N–H and O–H groups in total. The van der Waals surface area contributed by atoms with Gasteiger partial charge in [-0.3, -0.25) is 0 Å². The molecule has 2 heteroatoms. The van der Waals surface area contributed by atoms with E-state index in [-0.39, 0.29) is 0 Å². The molecule has 1 saturated heterocycles. The molecule has 1 heterocycles. The lowest BCUT2D eigenvalue weighted by Crippen LogP contribution is -2.51. The minimum atomic E-state index is 0.648.